The van der Waals surface area contributed by atoms with Crippen LogP contribution >= 0.6 is 0 Å². The van der Waals surface area contributed by atoms with Crippen molar-refractivity contribution in [1.29, 1.82) is 0 Å². The Morgan fingerprint density at radius 1 is 0.714 bits per heavy atom. The zero-order valence-corrected chi connectivity index (χ0v) is 14.3. The molecule has 134 valence electrons. The fourth-order valence-corrected chi connectivity index (χ4v) is 0.636. The SMILES string of the molecule is CCCO.CCCO.CCCO.NCC(N)CCCCO. The van der Waals surface area contributed by atoms with Crippen LogP contribution in [0.1, 0.15) is 59.3 Å². The largest absolute Gasteiger partial charge is 0.396 e. The average Bonchev–Trinajstić information content (AvgIpc) is 2.55. The first-order chi connectivity index (χ1) is 10.1. The van der Waals surface area contributed by atoms with E-state index in [1.165, 1.54) is 0 Å². The van der Waals surface area contributed by atoms with Crippen LogP contribution < -0.4 is 11.5 Å². The van der Waals surface area contributed by atoms with Crippen molar-refractivity contribution in [3.05, 3.63) is 0 Å². The first-order valence-electron chi connectivity index (χ1n) is 7.94. The van der Waals surface area contributed by atoms with Crippen LogP contribution in [0.15, 0.2) is 0 Å². The highest BCUT2D eigenvalue weighted by molar-refractivity contribution is 4.60. The predicted octanol–water partition coefficient (Wildman–Crippen LogP) is 0.601. The molecule has 0 aliphatic rings. The molecule has 0 radical (unpaired) electrons. The van der Waals surface area contributed by atoms with Gasteiger partial charge in [-0.3, -0.25) is 0 Å². The van der Waals surface area contributed by atoms with E-state index in [0.717, 1.165) is 38.5 Å². The van der Waals surface area contributed by atoms with E-state index in [-0.39, 0.29) is 12.6 Å². The lowest BCUT2D eigenvalue weighted by atomic mass is 10.1. The Hall–Kier alpha value is -0.240. The Labute approximate surface area is 131 Å². The van der Waals surface area contributed by atoms with Crippen LogP contribution in [0.5, 0.6) is 0 Å². The molecule has 0 aromatic carbocycles. The highest BCUT2D eigenvalue weighted by atomic mass is 16.3. The van der Waals surface area contributed by atoms with Crippen molar-refractivity contribution in [3.8, 4) is 0 Å². The smallest absolute Gasteiger partial charge is 0.0431 e. The van der Waals surface area contributed by atoms with E-state index < -0.39 is 0 Å². The Kier molecular flexibility index (Phi) is 50.5. The Bertz CT molecular complexity index is 115. The lowest BCUT2D eigenvalue weighted by molar-refractivity contribution is 0.281. The van der Waals surface area contributed by atoms with Gasteiger partial charge in [0.25, 0.3) is 0 Å². The van der Waals surface area contributed by atoms with Gasteiger partial charge in [0.15, 0.2) is 0 Å². The molecule has 0 bridgehead atoms. The van der Waals surface area contributed by atoms with Gasteiger partial charge in [0, 0.05) is 39.0 Å². The molecule has 0 aromatic heterocycles. The van der Waals surface area contributed by atoms with E-state index in [2.05, 4.69) is 0 Å². The van der Waals surface area contributed by atoms with Gasteiger partial charge >= 0.3 is 0 Å². The molecule has 0 saturated carbocycles. The second kappa shape index (κ2) is 36.7. The molecular weight excluding hydrogens is 272 g/mol. The Morgan fingerprint density at radius 3 is 1.24 bits per heavy atom. The van der Waals surface area contributed by atoms with Crippen LogP contribution in [0, 0.1) is 0 Å². The van der Waals surface area contributed by atoms with E-state index in [9.17, 15) is 0 Å². The number of aliphatic hydroxyl groups excluding tert-OH is 4. The highest BCUT2D eigenvalue weighted by Crippen LogP contribution is 1.95. The van der Waals surface area contributed by atoms with E-state index in [1.807, 2.05) is 20.8 Å². The minimum absolute atomic E-state index is 0.122. The van der Waals surface area contributed by atoms with Crippen LogP contribution in [0.25, 0.3) is 0 Å². The molecule has 0 spiro atoms. The maximum absolute atomic E-state index is 8.38. The summed E-state index contributed by atoms with van der Waals surface area (Å²) >= 11 is 0. The number of hydrogen-bond donors (Lipinski definition) is 6. The van der Waals surface area contributed by atoms with Gasteiger partial charge in [0.2, 0.25) is 0 Å². The van der Waals surface area contributed by atoms with Crippen molar-refractivity contribution in [2.45, 2.75) is 65.3 Å². The summed E-state index contributed by atoms with van der Waals surface area (Å²) in [6.07, 6.45) is 5.37. The second-order valence-electron chi connectivity index (χ2n) is 4.39. The summed E-state index contributed by atoms with van der Waals surface area (Å²) in [4.78, 5) is 0. The van der Waals surface area contributed by atoms with Gasteiger partial charge in [-0.25, -0.2) is 0 Å². The number of nitrogens with two attached hydrogens (primary N) is 2. The van der Waals surface area contributed by atoms with E-state index in [4.69, 9.17) is 31.9 Å². The summed E-state index contributed by atoms with van der Waals surface area (Å²) in [5.41, 5.74) is 10.8. The second-order valence-corrected chi connectivity index (χ2v) is 4.39. The Morgan fingerprint density at radius 2 is 1.05 bits per heavy atom. The van der Waals surface area contributed by atoms with E-state index >= 15 is 0 Å². The quantitative estimate of drug-likeness (QED) is 0.364. The van der Waals surface area contributed by atoms with Crippen LogP contribution in [0.3, 0.4) is 0 Å². The third kappa shape index (κ3) is 65.4. The molecule has 1 atom stereocenters. The maximum Gasteiger partial charge on any atom is 0.0431 e. The number of unbranched alkanes of at least 4 members (excludes halogenated alkanes) is 1. The first kappa shape index (κ1) is 28.9. The molecule has 0 fully saturated rings. The summed E-state index contributed by atoms with van der Waals surface area (Å²) < 4.78 is 0. The van der Waals surface area contributed by atoms with Crippen molar-refractivity contribution in [2.24, 2.45) is 11.5 Å². The van der Waals surface area contributed by atoms with Crippen LogP contribution in [-0.2, 0) is 0 Å². The minimum Gasteiger partial charge on any atom is -0.396 e. The molecule has 0 aromatic rings. The fourth-order valence-electron chi connectivity index (χ4n) is 0.636. The molecule has 8 N–H and O–H groups in total. The average molecular weight is 312 g/mol. The van der Waals surface area contributed by atoms with Gasteiger partial charge < -0.3 is 31.9 Å². The predicted molar refractivity (Wildman–Crippen MR) is 90.1 cm³/mol. The van der Waals surface area contributed by atoms with Crippen molar-refractivity contribution in [2.75, 3.05) is 33.0 Å². The van der Waals surface area contributed by atoms with Crippen molar-refractivity contribution >= 4 is 0 Å². The van der Waals surface area contributed by atoms with Gasteiger partial charge in [0.1, 0.15) is 0 Å². The van der Waals surface area contributed by atoms with Crippen LogP contribution in [0.2, 0.25) is 0 Å². The summed E-state index contributed by atoms with van der Waals surface area (Å²) in [5.74, 6) is 0. The van der Waals surface area contributed by atoms with Gasteiger partial charge in [-0.05, 0) is 38.5 Å². The molecule has 0 saturated heterocycles. The van der Waals surface area contributed by atoms with Crippen molar-refractivity contribution in [1.82, 2.24) is 0 Å². The molecule has 21 heavy (non-hydrogen) atoms. The van der Waals surface area contributed by atoms with Crippen molar-refractivity contribution in [3.63, 3.8) is 0 Å². The lowest BCUT2D eigenvalue weighted by Crippen LogP contribution is -2.29. The molecule has 0 heterocycles. The number of hydrogen-bond acceptors (Lipinski definition) is 6. The van der Waals surface area contributed by atoms with Crippen molar-refractivity contribution < 1.29 is 20.4 Å². The van der Waals surface area contributed by atoms with E-state index in [1.54, 1.807) is 0 Å². The standard InChI is InChI=1S/C6H16N2O.3C3H8O/c7-5-6(8)3-1-2-4-9;3*1-2-3-4/h6,9H,1-5,7-8H2;3*4H,2-3H2,1H3. The lowest BCUT2D eigenvalue weighted by Gasteiger charge is -2.05. The molecule has 6 heteroatoms. The van der Waals surface area contributed by atoms with Gasteiger partial charge in [-0.15, -0.1) is 0 Å². The normalized spacial score (nSPS) is 10.1. The molecule has 0 aliphatic carbocycles. The molecule has 6 nitrogen and oxygen atoms in total. The molecule has 0 aliphatic heterocycles. The highest BCUT2D eigenvalue weighted by Gasteiger charge is 1.96. The third-order valence-electron chi connectivity index (χ3n) is 1.96. The topological polar surface area (TPSA) is 133 Å². The van der Waals surface area contributed by atoms with Gasteiger partial charge in [-0.1, -0.05) is 20.8 Å². The zero-order valence-electron chi connectivity index (χ0n) is 14.3. The summed E-state index contributed by atoms with van der Waals surface area (Å²) in [6.45, 7) is 7.56. The summed E-state index contributed by atoms with van der Waals surface area (Å²) in [7, 11) is 0. The molecular formula is C15H40N2O4. The fraction of sp³-hybridized carbons (Fsp3) is 1.00. The Balaban J connectivity index is -0.000000102. The molecule has 1 unspecified atom stereocenters. The summed E-state index contributed by atoms with van der Waals surface area (Å²) in [6, 6.07) is 0.122. The van der Waals surface area contributed by atoms with E-state index in [0.29, 0.717) is 26.4 Å². The van der Waals surface area contributed by atoms with Gasteiger partial charge in [-0.2, -0.15) is 0 Å². The zero-order chi connectivity index (χ0) is 17.4. The third-order valence-corrected chi connectivity index (χ3v) is 1.96. The van der Waals surface area contributed by atoms with Crippen LogP contribution in [0.4, 0.5) is 0 Å². The summed E-state index contributed by atoms with van der Waals surface area (Å²) in [5, 5.41) is 32.0. The van der Waals surface area contributed by atoms with Gasteiger partial charge in [0.05, 0.1) is 0 Å². The molecule has 0 amide bonds. The van der Waals surface area contributed by atoms with Crippen LogP contribution in [-0.4, -0.2) is 59.4 Å². The minimum atomic E-state index is 0.122. The number of rotatable bonds is 8. The first-order valence-corrected chi connectivity index (χ1v) is 7.94. The molecule has 0 rings (SSSR count). The monoisotopic (exact) mass is 312 g/mol. The number of aliphatic hydroxyl groups is 4. The maximum atomic E-state index is 8.38.